The van der Waals surface area contributed by atoms with Crippen molar-refractivity contribution in [3.63, 3.8) is 0 Å². The predicted octanol–water partition coefficient (Wildman–Crippen LogP) is 14.2. The third kappa shape index (κ3) is 6.30. The number of hydrogen-bond donors (Lipinski definition) is 0. The van der Waals surface area contributed by atoms with Gasteiger partial charge < -0.3 is 9.32 Å². The topological polar surface area (TPSA) is 16.4 Å². The molecule has 9 aromatic rings. The Bertz CT molecular complexity index is 2510. The van der Waals surface area contributed by atoms with Gasteiger partial charge in [-0.2, -0.15) is 0 Å². The zero-order chi connectivity index (χ0) is 34.7. The maximum Gasteiger partial charge on any atom is 0.135 e. The lowest BCUT2D eigenvalue weighted by atomic mass is 9.93. The Kier molecular flexibility index (Phi) is 8.24. The monoisotopic (exact) mass is 665 g/mol. The summed E-state index contributed by atoms with van der Waals surface area (Å²) in [7, 11) is 0. The van der Waals surface area contributed by atoms with E-state index in [0.29, 0.717) is 0 Å². The molecule has 0 N–H and O–H groups in total. The summed E-state index contributed by atoms with van der Waals surface area (Å²) in [6.45, 7) is 0. The van der Waals surface area contributed by atoms with Gasteiger partial charge in [0, 0.05) is 28.0 Å². The van der Waals surface area contributed by atoms with Crippen LogP contribution in [-0.2, 0) is 0 Å². The summed E-state index contributed by atoms with van der Waals surface area (Å²) in [6.07, 6.45) is 0. The number of hydrogen-bond acceptors (Lipinski definition) is 2. The summed E-state index contributed by atoms with van der Waals surface area (Å²) in [5.74, 6) is 0.851. The average molecular weight is 666 g/mol. The second kappa shape index (κ2) is 13.8. The molecule has 9 rings (SSSR count). The smallest absolute Gasteiger partial charge is 0.135 e. The van der Waals surface area contributed by atoms with E-state index in [9.17, 15) is 0 Å². The maximum absolute atomic E-state index is 6.31. The Morgan fingerprint density at radius 1 is 0.269 bits per heavy atom. The van der Waals surface area contributed by atoms with E-state index in [1.807, 2.05) is 18.2 Å². The summed E-state index contributed by atoms with van der Waals surface area (Å²) in [5.41, 5.74) is 14.6. The SMILES string of the molecule is c1ccc(-c2cc(-c3ccccc3)cc(-c3ccc(N(c4cccc(-c5ccccc5)c4)c4cccc(-c5cc6ccccc6o5)c4)cc3)c2)cc1. The van der Waals surface area contributed by atoms with Crippen molar-refractivity contribution in [1.82, 2.24) is 0 Å². The van der Waals surface area contributed by atoms with Gasteiger partial charge in [0.05, 0.1) is 0 Å². The van der Waals surface area contributed by atoms with Crippen LogP contribution in [0.25, 0.3) is 66.8 Å². The van der Waals surface area contributed by atoms with Crippen LogP contribution < -0.4 is 4.90 Å². The van der Waals surface area contributed by atoms with Gasteiger partial charge in [0.2, 0.25) is 0 Å². The highest BCUT2D eigenvalue weighted by molar-refractivity contribution is 5.87. The summed E-state index contributed by atoms with van der Waals surface area (Å²) in [4.78, 5) is 2.33. The fourth-order valence-corrected chi connectivity index (χ4v) is 7.02. The van der Waals surface area contributed by atoms with Gasteiger partial charge in [-0.1, -0.05) is 146 Å². The van der Waals surface area contributed by atoms with E-state index in [1.165, 1.54) is 38.9 Å². The predicted molar refractivity (Wildman–Crippen MR) is 218 cm³/mol. The van der Waals surface area contributed by atoms with Crippen molar-refractivity contribution in [3.8, 4) is 55.8 Å². The Balaban J connectivity index is 1.15. The van der Waals surface area contributed by atoms with Crippen LogP contribution in [0.15, 0.2) is 217 Å². The number of benzene rings is 8. The lowest BCUT2D eigenvalue weighted by Gasteiger charge is -2.26. The largest absolute Gasteiger partial charge is 0.456 e. The molecule has 0 saturated heterocycles. The molecule has 8 aromatic carbocycles. The van der Waals surface area contributed by atoms with Crippen molar-refractivity contribution in [2.75, 3.05) is 4.90 Å². The first-order valence-electron chi connectivity index (χ1n) is 17.7. The molecule has 0 saturated carbocycles. The summed E-state index contributed by atoms with van der Waals surface area (Å²) in [6, 6.07) is 75.3. The van der Waals surface area contributed by atoms with E-state index >= 15 is 0 Å². The molecule has 1 aromatic heterocycles. The molecular weight excluding hydrogens is 631 g/mol. The molecule has 0 fully saturated rings. The molecule has 0 radical (unpaired) electrons. The van der Waals surface area contributed by atoms with E-state index in [2.05, 4.69) is 199 Å². The highest BCUT2D eigenvalue weighted by Crippen LogP contribution is 2.40. The molecule has 0 bridgehead atoms. The summed E-state index contributed by atoms with van der Waals surface area (Å²) >= 11 is 0. The van der Waals surface area contributed by atoms with Gasteiger partial charge in [0.25, 0.3) is 0 Å². The molecule has 0 aliphatic carbocycles. The first kappa shape index (κ1) is 31.1. The third-order valence-corrected chi connectivity index (χ3v) is 9.63. The molecular formula is C50H35NO. The number of furan rings is 1. The van der Waals surface area contributed by atoms with Crippen molar-refractivity contribution in [2.24, 2.45) is 0 Å². The van der Waals surface area contributed by atoms with Crippen LogP contribution in [-0.4, -0.2) is 0 Å². The second-order valence-corrected chi connectivity index (χ2v) is 13.0. The molecule has 52 heavy (non-hydrogen) atoms. The highest BCUT2D eigenvalue weighted by atomic mass is 16.3. The quantitative estimate of drug-likeness (QED) is 0.161. The van der Waals surface area contributed by atoms with Crippen LogP contribution in [0.2, 0.25) is 0 Å². The van der Waals surface area contributed by atoms with Gasteiger partial charge in [0.15, 0.2) is 0 Å². The first-order valence-corrected chi connectivity index (χ1v) is 17.7. The molecule has 0 aliphatic heterocycles. The molecule has 0 atom stereocenters. The van der Waals surface area contributed by atoms with Gasteiger partial charge in [-0.05, 0) is 111 Å². The number of anilines is 3. The van der Waals surface area contributed by atoms with Crippen LogP contribution in [0.4, 0.5) is 17.1 Å². The minimum absolute atomic E-state index is 0.851. The van der Waals surface area contributed by atoms with E-state index < -0.39 is 0 Å². The number of nitrogens with zero attached hydrogens (tertiary/aromatic N) is 1. The standard InChI is InChI=1S/C50H35NO/c1-4-14-36(15-5-1)40-21-12-23-47(33-40)51(48-24-13-22-41(34-48)50-35-42-20-10-11-25-49(42)52-50)46-28-26-39(27-29-46)45-31-43(37-16-6-2-7-17-37)30-44(32-45)38-18-8-3-9-19-38/h1-35H. The van der Waals surface area contributed by atoms with Crippen LogP contribution in [0.3, 0.4) is 0 Å². The van der Waals surface area contributed by atoms with Crippen molar-refractivity contribution in [1.29, 1.82) is 0 Å². The lowest BCUT2D eigenvalue weighted by Crippen LogP contribution is -2.10. The van der Waals surface area contributed by atoms with Gasteiger partial charge in [0.1, 0.15) is 11.3 Å². The zero-order valence-electron chi connectivity index (χ0n) is 28.6. The molecule has 1 heterocycles. The van der Waals surface area contributed by atoms with Gasteiger partial charge >= 0.3 is 0 Å². The number of rotatable bonds is 8. The highest BCUT2D eigenvalue weighted by Gasteiger charge is 2.16. The zero-order valence-corrected chi connectivity index (χ0v) is 28.6. The second-order valence-electron chi connectivity index (χ2n) is 13.0. The fraction of sp³-hybridized carbons (Fsp3) is 0. The Labute approximate surface area is 304 Å². The molecule has 2 nitrogen and oxygen atoms in total. The third-order valence-electron chi connectivity index (χ3n) is 9.63. The lowest BCUT2D eigenvalue weighted by molar-refractivity contribution is 0.631. The molecule has 0 unspecified atom stereocenters. The van der Waals surface area contributed by atoms with Crippen LogP contribution in [0.1, 0.15) is 0 Å². The minimum atomic E-state index is 0.851. The molecule has 246 valence electrons. The number of para-hydroxylation sites is 1. The van der Waals surface area contributed by atoms with Gasteiger partial charge in [-0.3, -0.25) is 0 Å². The van der Waals surface area contributed by atoms with E-state index in [0.717, 1.165) is 44.9 Å². The summed E-state index contributed by atoms with van der Waals surface area (Å²) in [5, 5.41) is 1.10. The summed E-state index contributed by atoms with van der Waals surface area (Å²) < 4.78 is 6.31. The van der Waals surface area contributed by atoms with Crippen LogP contribution in [0.5, 0.6) is 0 Å². The van der Waals surface area contributed by atoms with Crippen molar-refractivity contribution >= 4 is 28.0 Å². The Morgan fingerprint density at radius 3 is 1.27 bits per heavy atom. The van der Waals surface area contributed by atoms with Gasteiger partial charge in [-0.15, -0.1) is 0 Å². The van der Waals surface area contributed by atoms with Crippen molar-refractivity contribution < 1.29 is 4.42 Å². The van der Waals surface area contributed by atoms with Gasteiger partial charge in [-0.25, -0.2) is 0 Å². The van der Waals surface area contributed by atoms with Crippen molar-refractivity contribution in [2.45, 2.75) is 0 Å². The van der Waals surface area contributed by atoms with E-state index in [-0.39, 0.29) is 0 Å². The molecule has 0 amide bonds. The van der Waals surface area contributed by atoms with E-state index in [4.69, 9.17) is 4.42 Å². The van der Waals surface area contributed by atoms with Crippen LogP contribution >= 0.6 is 0 Å². The maximum atomic E-state index is 6.31. The molecule has 0 spiro atoms. The molecule has 0 aliphatic rings. The Hall–Kier alpha value is -6.90. The molecule has 2 heteroatoms. The van der Waals surface area contributed by atoms with E-state index in [1.54, 1.807) is 0 Å². The fourth-order valence-electron chi connectivity index (χ4n) is 7.02. The van der Waals surface area contributed by atoms with Crippen molar-refractivity contribution in [3.05, 3.63) is 212 Å². The average Bonchev–Trinajstić information content (AvgIpc) is 3.67. The minimum Gasteiger partial charge on any atom is -0.456 e. The normalized spacial score (nSPS) is 11.1. The van der Waals surface area contributed by atoms with Crippen LogP contribution in [0, 0.1) is 0 Å². The number of fused-ring (bicyclic) bond motifs is 1. The Morgan fingerprint density at radius 2 is 0.712 bits per heavy atom. The first-order chi connectivity index (χ1) is 25.7.